The first-order chi connectivity index (χ1) is 11.8. The minimum absolute atomic E-state index is 0.212. The molecule has 3 atom stereocenters. The molecule has 1 aliphatic heterocycles. The Bertz CT molecular complexity index is 478. The lowest BCUT2D eigenvalue weighted by molar-refractivity contribution is 0.0391. The molecule has 144 valence electrons. The number of hydrogen-bond acceptors (Lipinski definition) is 3. The Balaban J connectivity index is 3.08. The van der Waals surface area contributed by atoms with E-state index in [2.05, 4.69) is 57.1 Å². The van der Waals surface area contributed by atoms with Crippen molar-refractivity contribution in [2.45, 2.75) is 78.9 Å². The molecular formula is C22H40N2O. The van der Waals surface area contributed by atoms with Gasteiger partial charge in [-0.1, -0.05) is 46.3 Å². The highest BCUT2D eigenvalue weighted by molar-refractivity contribution is 5.63. The smallest absolute Gasteiger partial charge is 0.142 e. The first kappa shape index (κ1) is 22.1. The number of aliphatic imine (C=N–C) groups is 1. The number of aliphatic hydroxyl groups is 1. The van der Waals surface area contributed by atoms with Crippen molar-refractivity contribution in [2.75, 3.05) is 13.6 Å². The molecule has 2 N–H and O–H groups in total. The quantitative estimate of drug-likeness (QED) is 0.472. The van der Waals surface area contributed by atoms with E-state index >= 15 is 0 Å². The molecule has 0 spiro atoms. The average Bonchev–Trinajstić information content (AvgIpc) is 2.74. The Kier molecular flexibility index (Phi) is 9.66. The van der Waals surface area contributed by atoms with Gasteiger partial charge < -0.3 is 10.1 Å². The van der Waals surface area contributed by atoms with Crippen LogP contribution in [0.15, 0.2) is 28.3 Å². The molecule has 3 heteroatoms. The molecular weight excluding hydrogens is 308 g/mol. The fourth-order valence-electron chi connectivity index (χ4n) is 3.65. The van der Waals surface area contributed by atoms with E-state index in [4.69, 9.17) is 0 Å². The largest absolute Gasteiger partial charge is 0.372 e. The van der Waals surface area contributed by atoms with Crippen LogP contribution in [0, 0.1) is 17.8 Å². The summed E-state index contributed by atoms with van der Waals surface area (Å²) in [6.07, 6.45) is 12.9. The maximum Gasteiger partial charge on any atom is 0.142 e. The molecule has 3 unspecified atom stereocenters. The van der Waals surface area contributed by atoms with E-state index in [1.165, 1.54) is 18.4 Å². The second-order valence-corrected chi connectivity index (χ2v) is 8.09. The maximum absolute atomic E-state index is 11.5. The van der Waals surface area contributed by atoms with Crippen LogP contribution in [-0.2, 0) is 0 Å². The van der Waals surface area contributed by atoms with Gasteiger partial charge >= 0.3 is 0 Å². The average molecular weight is 349 g/mol. The van der Waals surface area contributed by atoms with Gasteiger partial charge in [0.05, 0.1) is 0 Å². The molecule has 25 heavy (non-hydrogen) atoms. The number of hydrogen-bond donors (Lipinski definition) is 2. The van der Waals surface area contributed by atoms with E-state index in [0.717, 1.165) is 37.8 Å². The zero-order chi connectivity index (χ0) is 18.9. The summed E-state index contributed by atoms with van der Waals surface area (Å²) in [5.74, 6) is 1.62. The normalized spacial score (nSPS) is 27.8. The summed E-state index contributed by atoms with van der Waals surface area (Å²) in [6, 6.07) is 0. The molecule has 1 saturated heterocycles. The molecule has 1 heterocycles. The van der Waals surface area contributed by atoms with Gasteiger partial charge in [-0.3, -0.25) is 5.32 Å². The van der Waals surface area contributed by atoms with E-state index in [1.807, 2.05) is 6.21 Å². The van der Waals surface area contributed by atoms with Crippen LogP contribution < -0.4 is 5.32 Å². The Morgan fingerprint density at radius 2 is 2.04 bits per heavy atom. The lowest BCUT2D eigenvalue weighted by Crippen LogP contribution is -2.46. The van der Waals surface area contributed by atoms with E-state index in [-0.39, 0.29) is 5.92 Å². The highest BCUT2D eigenvalue weighted by Gasteiger charge is 2.34. The molecule has 1 rings (SSSR count). The third-order valence-electron chi connectivity index (χ3n) is 5.34. The molecule has 0 aliphatic carbocycles. The highest BCUT2D eigenvalue weighted by atomic mass is 16.3. The molecule has 0 amide bonds. The van der Waals surface area contributed by atoms with Crippen LogP contribution in [0.2, 0.25) is 0 Å². The van der Waals surface area contributed by atoms with Crippen LogP contribution in [0.25, 0.3) is 0 Å². The second-order valence-electron chi connectivity index (χ2n) is 8.09. The number of allylic oxidation sites excluding steroid dienone is 2. The van der Waals surface area contributed by atoms with Gasteiger partial charge in [0.25, 0.3) is 0 Å². The van der Waals surface area contributed by atoms with Gasteiger partial charge in [-0.05, 0) is 68.6 Å². The Morgan fingerprint density at radius 1 is 1.32 bits per heavy atom. The van der Waals surface area contributed by atoms with Gasteiger partial charge in [-0.25, -0.2) is 0 Å². The SMILES string of the molecule is CCC1CCNC(O)(C(=C/C(C)/C=N/C)/C(C)=C\CCC(C)C)CC1. The zero-order valence-corrected chi connectivity index (χ0v) is 17.3. The lowest BCUT2D eigenvalue weighted by Gasteiger charge is -2.32. The fourth-order valence-corrected chi connectivity index (χ4v) is 3.65. The van der Waals surface area contributed by atoms with Gasteiger partial charge in [-0.15, -0.1) is 0 Å². The Hall–Kier alpha value is -0.930. The van der Waals surface area contributed by atoms with Gasteiger partial charge in [0, 0.05) is 19.2 Å². The van der Waals surface area contributed by atoms with E-state index in [0.29, 0.717) is 11.8 Å². The van der Waals surface area contributed by atoms with Crippen molar-refractivity contribution in [3.8, 4) is 0 Å². The van der Waals surface area contributed by atoms with Crippen molar-refractivity contribution in [2.24, 2.45) is 22.7 Å². The van der Waals surface area contributed by atoms with E-state index < -0.39 is 5.72 Å². The van der Waals surface area contributed by atoms with Gasteiger partial charge in [-0.2, -0.15) is 0 Å². The molecule has 1 aliphatic rings. The predicted molar refractivity (Wildman–Crippen MR) is 110 cm³/mol. The minimum atomic E-state index is -0.918. The predicted octanol–water partition coefficient (Wildman–Crippen LogP) is 5.12. The van der Waals surface area contributed by atoms with Crippen molar-refractivity contribution in [3.63, 3.8) is 0 Å². The third kappa shape index (κ3) is 7.45. The topological polar surface area (TPSA) is 44.6 Å². The van der Waals surface area contributed by atoms with E-state index in [1.54, 1.807) is 7.05 Å². The van der Waals surface area contributed by atoms with Crippen LogP contribution >= 0.6 is 0 Å². The third-order valence-corrected chi connectivity index (χ3v) is 5.34. The Morgan fingerprint density at radius 3 is 2.64 bits per heavy atom. The van der Waals surface area contributed by atoms with Crippen LogP contribution in [0.4, 0.5) is 0 Å². The van der Waals surface area contributed by atoms with Crippen LogP contribution in [-0.4, -0.2) is 30.6 Å². The first-order valence-electron chi connectivity index (χ1n) is 10.1. The van der Waals surface area contributed by atoms with Gasteiger partial charge in [0.1, 0.15) is 5.72 Å². The van der Waals surface area contributed by atoms with Gasteiger partial charge in [0.2, 0.25) is 0 Å². The van der Waals surface area contributed by atoms with Gasteiger partial charge in [0.15, 0.2) is 0 Å². The summed E-state index contributed by atoms with van der Waals surface area (Å²) in [5.41, 5.74) is 1.32. The summed E-state index contributed by atoms with van der Waals surface area (Å²) >= 11 is 0. The van der Waals surface area contributed by atoms with Crippen LogP contribution in [0.5, 0.6) is 0 Å². The monoisotopic (exact) mass is 348 g/mol. The standard InChI is InChI=1S/C22H40N2O/c1-7-20-11-13-22(25,24-14-12-20)21(15-18(4)16-23-6)19(5)10-8-9-17(2)3/h10,15-18,20,24-25H,7-9,11-14H2,1-6H3/b19-10-,21-15+,23-16+. The van der Waals surface area contributed by atoms with Crippen LogP contribution in [0.1, 0.15) is 73.1 Å². The van der Waals surface area contributed by atoms with Crippen molar-refractivity contribution in [1.82, 2.24) is 5.32 Å². The van der Waals surface area contributed by atoms with Crippen LogP contribution in [0.3, 0.4) is 0 Å². The molecule has 0 bridgehead atoms. The Labute approximate surface area is 155 Å². The summed E-state index contributed by atoms with van der Waals surface area (Å²) in [4.78, 5) is 4.15. The second kappa shape index (κ2) is 10.9. The van der Waals surface area contributed by atoms with Crippen molar-refractivity contribution < 1.29 is 5.11 Å². The maximum atomic E-state index is 11.5. The first-order valence-corrected chi connectivity index (χ1v) is 10.1. The number of nitrogens with one attached hydrogen (secondary N) is 1. The summed E-state index contributed by atoms with van der Waals surface area (Å²) < 4.78 is 0. The summed E-state index contributed by atoms with van der Waals surface area (Å²) in [7, 11) is 1.81. The van der Waals surface area contributed by atoms with Crippen molar-refractivity contribution in [3.05, 3.63) is 23.3 Å². The highest BCUT2D eigenvalue weighted by Crippen LogP contribution is 2.33. The minimum Gasteiger partial charge on any atom is -0.372 e. The molecule has 0 aromatic carbocycles. The molecule has 3 nitrogen and oxygen atoms in total. The molecule has 0 aromatic rings. The fraction of sp³-hybridized carbons (Fsp3) is 0.773. The zero-order valence-electron chi connectivity index (χ0n) is 17.3. The van der Waals surface area contributed by atoms with Crippen molar-refractivity contribution >= 4 is 6.21 Å². The number of rotatable bonds is 8. The summed E-state index contributed by atoms with van der Waals surface area (Å²) in [6.45, 7) is 11.9. The number of nitrogens with zero attached hydrogens (tertiary/aromatic N) is 1. The lowest BCUT2D eigenvalue weighted by atomic mass is 9.87. The molecule has 0 saturated carbocycles. The molecule has 0 radical (unpaired) electrons. The van der Waals surface area contributed by atoms with Crippen molar-refractivity contribution in [1.29, 1.82) is 0 Å². The van der Waals surface area contributed by atoms with E-state index in [9.17, 15) is 5.11 Å². The molecule has 1 fully saturated rings. The molecule has 0 aromatic heterocycles. The summed E-state index contributed by atoms with van der Waals surface area (Å²) in [5, 5.41) is 14.9.